The SMILES string of the molecule is c1ccc2c(c1)Oc1cc3c4ccccc4n(-c4ccc(-n5c6ccccc6c6ccccc65)cc4)c3cc1C21c2ccccc2-n2c3ccccc3c3cccc1c32. The Balaban J connectivity index is 1.07. The van der Waals surface area contributed by atoms with Gasteiger partial charge in [0.25, 0.3) is 0 Å². The van der Waals surface area contributed by atoms with Crippen LogP contribution in [0.5, 0.6) is 11.5 Å². The molecule has 0 fully saturated rings. The van der Waals surface area contributed by atoms with Gasteiger partial charge in [-0.15, -0.1) is 0 Å². The van der Waals surface area contributed by atoms with E-state index in [1.807, 2.05) is 0 Å². The number of hydrogen-bond acceptors (Lipinski definition) is 1. The molecule has 2 aliphatic heterocycles. The Morgan fingerprint density at radius 1 is 0.305 bits per heavy atom. The van der Waals surface area contributed by atoms with Gasteiger partial charge in [0.1, 0.15) is 11.5 Å². The maximum Gasteiger partial charge on any atom is 0.133 e. The fourth-order valence-electron chi connectivity index (χ4n) is 11.0. The van der Waals surface area contributed by atoms with Gasteiger partial charge in [0.2, 0.25) is 0 Å². The van der Waals surface area contributed by atoms with E-state index in [-0.39, 0.29) is 0 Å². The summed E-state index contributed by atoms with van der Waals surface area (Å²) >= 11 is 0. The lowest BCUT2D eigenvalue weighted by Crippen LogP contribution is -2.37. The highest BCUT2D eigenvalue weighted by Gasteiger charge is 2.50. The lowest BCUT2D eigenvalue weighted by Gasteiger charge is -2.45. The van der Waals surface area contributed by atoms with Gasteiger partial charge in [-0.05, 0) is 83.9 Å². The minimum Gasteiger partial charge on any atom is -0.457 e. The molecule has 274 valence electrons. The average molecular weight is 752 g/mol. The monoisotopic (exact) mass is 751 g/mol. The van der Waals surface area contributed by atoms with Crippen molar-refractivity contribution in [3.05, 3.63) is 222 Å². The normalized spacial score (nSPS) is 15.3. The van der Waals surface area contributed by atoms with Crippen LogP contribution in [0.1, 0.15) is 22.3 Å². The maximum absolute atomic E-state index is 7.04. The molecule has 3 aromatic heterocycles. The Bertz CT molecular complexity index is 3710. The first-order valence-electron chi connectivity index (χ1n) is 20.4. The summed E-state index contributed by atoms with van der Waals surface area (Å²) in [5, 5.41) is 7.40. The number of ether oxygens (including phenoxy) is 1. The van der Waals surface area contributed by atoms with Crippen molar-refractivity contribution in [1.29, 1.82) is 0 Å². The highest BCUT2D eigenvalue weighted by molar-refractivity contribution is 6.14. The van der Waals surface area contributed by atoms with E-state index in [4.69, 9.17) is 4.74 Å². The van der Waals surface area contributed by atoms with Crippen molar-refractivity contribution in [2.45, 2.75) is 5.41 Å². The molecule has 4 nitrogen and oxygen atoms in total. The third kappa shape index (κ3) is 3.84. The molecule has 2 aliphatic rings. The molecule has 0 aliphatic carbocycles. The summed E-state index contributed by atoms with van der Waals surface area (Å²) in [7, 11) is 0. The molecule has 1 unspecified atom stereocenters. The molecule has 0 radical (unpaired) electrons. The van der Waals surface area contributed by atoms with Crippen molar-refractivity contribution in [3.63, 3.8) is 0 Å². The minimum absolute atomic E-state index is 0.652. The Morgan fingerprint density at radius 3 is 1.44 bits per heavy atom. The topological polar surface area (TPSA) is 24.0 Å². The highest BCUT2D eigenvalue weighted by Crippen LogP contribution is 2.61. The second kappa shape index (κ2) is 11.2. The first kappa shape index (κ1) is 31.3. The van der Waals surface area contributed by atoms with E-state index < -0.39 is 5.41 Å². The molecular weight excluding hydrogens is 719 g/mol. The summed E-state index contributed by atoms with van der Waals surface area (Å²) in [5.74, 6) is 1.78. The van der Waals surface area contributed by atoms with Crippen molar-refractivity contribution in [3.8, 4) is 28.6 Å². The third-order valence-electron chi connectivity index (χ3n) is 13.3. The van der Waals surface area contributed by atoms with Crippen molar-refractivity contribution < 1.29 is 4.74 Å². The molecule has 59 heavy (non-hydrogen) atoms. The summed E-state index contributed by atoms with van der Waals surface area (Å²) in [6.07, 6.45) is 0. The van der Waals surface area contributed by atoms with Gasteiger partial charge in [-0.25, -0.2) is 0 Å². The van der Waals surface area contributed by atoms with E-state index >= 15 is 0 Å². The van der Waals surface area contributed by atoms with Crippen molar-refractivity contribution in [1.82, 2.24) is 13.7 Å². The number of nitrogens with zero attached hydrogens (tertiary/aromatic N) is 3. The van der Waals surface area contributed by atoms with Gasteiger partial charge in [-0.1, -0.05) is 127 Å². The van der Waals surface area contributed by atoms with Crippen molar-refractivity contribution in [2.24, 2.45) is 0 Å². The van der Waals surface area contributed by atoms with Crippen molar-refractivity contribution in [2.75, 3.05) is 0 Å². The molecule has 5 heterocycles. The lowest BCUT2D eigenvalue weighted by molar-refractivity contribution is 0.435. The molecule has 0 N–H and O–H groups in total. The smallest absolute Gasteiger partial charge is 0.133 e. The number of rotatable bonds is 2. The van der Waals surface area contributed by atoms with Crippen LogP contribution in [0.3, 0.4) is 0 Å². The number of para-hydroxylation sites is 7. The summed E-state index contributed by atoms with van der Waals surface area (Å²) in [5.41, 5.74) is 14.8. The van der Waals surface area contributed by atoms with E-state index in [0.29, 0.717) is 0 Å². The van der Waals surface area contributed by atoms with Crippen LogP contribution in [0.25, 0.3) is 82.5 Å². The molecule has 1 atom stereocenters. The first-order valence-corrected chi connectivity index (χ1v) is 20.4. The largest absolute Gasteiger partial charge is 0.457 e. The lowest BCUT2D eigenvalue weighted by atomic mass is 9.61. The van der Waals surface area contributed by atoms with Gasteiger partial charge in [-0.3, -0.25) is 0 Å². The van der Waals surface area contributed by atoms with Gasteiger partial charge in [0.15, 0.2) is 0 Å². The Kier molecular flexibility index (Phi) is 5.93. The Hall–Kier alpha value is -7.82. The Morgan fingerprint density at radius 2 is 0.780 bits per heavy atom. The van der Waals surface area contributed by atoms with E-state index in [1.54, 1.807) is 0 Å². The molecule has 14 rings (SSSR count). The van der Waals surface area contributed by atoms with Crippen LogP contribution >= 0.6 is 0 Å². The summed E-state index contributed by atoms with van der Waals surface area (Å²) in [4.78, 5) is 0. The van der Waals surface area contributed by atoms with Gasteiger partial charge in [-0.2, -0.15) is 0 Å². The predicted octanol–water partition coefficient (Wildman–Crippen LogP) is 13.8. The fourth-order valence-corrected chi connectivity index (χ4v) is 11.0. The van der Waals surface area contributed by atoms with Gasteiger partial charge < -0.3 is 18.4 Å². The number of aromatic nitrogens is 3. The standard InChI is InChI=1S/C55H33N3O/c1-7-22-46-36(14-1)37-15-2-8-23-47(37)56(46)34-28-30-35(31-29-34)57-48-24-9-4-17-39(48)41-32-53-45(33-51(41)57)55(43-20-6-12-27-52(43)59-53)42-19-5-11-26-50(42)58-49-25-10-3-16-38(49)40-18-13-21-44(55)54(40)58/h1-33H. The van der Waals surface area contributed by atoms with Gasteiger partial charge in [0.05, 0.1) is 44.2 Å². The third-order valence-corrected chi connectivity index (χ3v) is 13.3. The average Bonchev–Trinajstić information content (AvgIpc) is 3.93. The van der Waals surface area contributed by atoms with Gasteiger partial charge in [0, 0.05) is 54.8 Å². The zero-order valence-corrected chi connectivity index (χ0v) is 31.8. The molecular formula is C55H33N3O. The van der Waals surface area contributed by atoms with Crippen LogP contribution in [0.4, 0.5) is 0 Å². The quantitative estimate of drug-likeness (QED) is 0.173. The van der Waals surface area contributed by atoms with Gasteiger partial charge >= 0.3 is 0 Å². The highest BCUT2D eigenvalue weighted by atomic mass is 16.5. The molecule has 12 aromatic rings. The predicted molar refractivity (Wildman–Crippen MR) is 241 cm³/mol. The summed E-state index contributed by atoms with van der Waals surface area (Å²) < 4.78 is 14.4. The molecule has 0 saturated heterocycles. The van der Waals surface area contributed by atoms with Crippen LogP contribution in [0, 0.1) is 0 Å². The number of fused-ring (bicyclic) bond motifs is 17. The van der Waals surface area contributed by atoms with Crippen LogP contribution < -0.4 is 4.74 Å². The second-order valence-corrected chi connectivity index (χ2v) is 16.0. The number of benzene rings is 9. The summed E-state index contributed by atoms with van der Waals surface area (Å²) in [6.45, 7) is 0. The van der Waals surface area contributed by atoms with E-state index in [0.717, 1.165) is 50.4 Å². The first-order chi connectivity index (χ1) is 29.3. The van der Waals surface area contributed by atoms with Crippen LogP contribution in [-0.4, -0.2) is 13.7 Å². The number of hydrogen-bond donors (Lipinski definition) is 0. The van der Waals surface area contributed by atoms with Crippen LogP contribution in [0.2, 0.25) is 0 Å². The minimum atomic E-state index is -0.652. The van der Waals surface area contributed by atoms with E-state index in [9.17, 15) is 0 Å². The van der Waals surface area contributed by atoms with Crippen molar-refractivity contribution >= 4 is 65.4 Å². The maximum atomic E-state index is 7.04. The second-order valence-electron chi connectivity index (χ2n) is 16.0. The van der Waals surface area contributed by atoms with Crippen LogP contribution in [0.15, 0.2) is 200 Å². The molecule has 0 saturated carbocycles. The molecule has 0 bridgehead atoms. The zero-order chi connectivity index (χ0) is 38.4. The molecule has 0 amide bonds. The van der Waals surface area contributed by atoms with E-state index in [2.05, 4.69) is 214 Å². The summed E-state index contributed by atoms with van der Waals surface area (Å²) in [6, 6.07) is 73.4. The van der Waals surface area contributed by atoms with Crippen LogP contribution in [-0.2, 0) is 5.41 Å². The molecule has 1 spiro atoms. The fraction of sp³-hybridized carbons (Fsp3) is 0.0182. The molecule has 9 aromatic carbocycles. The van der Waals surface area contributed by atoms with E-state index in [1.165, 1.54) is 65.8 Å². The Labute approximate surface area is 339 Å². The zero-order valence-electron chi connectivity index (χ0n) is 31.8. The molecule has 4 heteroatoms.